The number of rotatable bonds is 9. The second-order valence-electron chi connectivity index (χ2n) is 8.94. The summed E-state index contributed by atoms with van der Waals surface area (Å²) in [6, 6.07) is 15.5. The van der Waals surface area contributed by atoms with Crippen LogP contribution in [-0.4, -0.2) is 62.8 Å². The highest BCUT2D eigenvalue weighted by Gasteiger charge is 2.41. The molecule has 2 aliphatic rings. The lowest BCUT2D eigenvalue weighted by molar-refractivity contribution is -0.126. The number of nitrogens with one attached hydrogen (secondary N) is 2. The van der Waals surface area contributed by atoms with Gasteiger partial charge in [0.05, 0.1) is 19.8 Å². The number of nitrogens with zero attached hydrogens (tertiary/aromatic N) is 1. The van der Waals surface area contributed by atoms with E-state index in [2.05, 4.69) is 58.9 Å². The van der Waals surface area contributed by atoms with E-state index >= 15 is 0 Å². The zero-order valence-corrected chi connectivity index (χ0v) is 19.4. The van der Waals surface area contributed by atoms with Crippen molar-refractivity contribution in [3.63, 3.8) is 0 Å². The van der Waals surface area contributed by atoms with E-state index in [0.717, 1.165) is 43.7 Å². The van der Waals surface area contributed by atoms with Gasteiger partial charge in [-0.25, -0.2) is 0 Å². The van der Waals surface area contributed by atoms with E-state index in [1.807, 2.05) is 6.07 Å². The molecule has 2 N–H and O–H groups in total. The zero-order chi connectivity index (χ0) is 22.5. The maximum Gasteiger partial charge on any atom is 0.237 e. The highest BCUT2D eigenvalue weighted by atomic mass is 16.5. The molecule has 2 aromatic carbocycles. The van der Waals surface area contributed by atoms with Crippen molar-refractivity contribution in [3.05, 3.63) is 64.7 Å². The Morgan fingerprint density at radius 3 is 2.53 bits per heavy atom. The Labute approximate surface area is 191 Å². The Morgan fingerprint density at radius 1 is 1.12 bits per heavy atom. The smallest absolute Gasteiger partial charge is 0.237 e. The number of fused-ring (bicyclic) bond motifs is 1. The summed E-state index contributed by atoms with van der Waals surface area (Å²) in [5.41, 5.74) is 5.21. The number of carbonyl (C=O) groups is 1. The Hall–Kier alpha value is -2.41. The molecule has 0 radical (unpaired) electrons. The molecule has 1 amide bonds. The average molecular weight is 438 g/mol. The lowest BCUT2D eigenvalue weighted by atomic mass is 10.1. The maximum atomic E-state index is 13.0. The normalized spacial score (nSPS) is 21.0. The van der Waals surface area contributed by atoms with Gasteiger partial charge in [0.15, 0.2) is 0 Å². The molecule has 1 aliphatic heterocycles. The van der Waals surface area contributed by atoms with E-state index in [1.165, 1.54) is 16.7 Å². The second-order valence-corrected chi connectivity index (χ2v) is 8.94. The first-order chi connectivity index (χ1) is 15.6. The highest BCUT2D eigenvalue weighted by Crippen LogP contribution is 2.31. The van der Waals surface area contributed by atoms with Gasteiger partial charge < -0.3 is 20.1 Å². The average Bonchev–Trinajstić information content (AvgIpc) is 3.42. The molecule has 0 aromatic heterocycles. The highest BCUT2D eigenvalue weighted by molar-refractivity contribution is 5.82. The summed E-state index contributed by atoms with van der Waals surface area (Å²) >= 11 is 0. The van der Waals surface area contributed by atoms with E-state index in [9.17, 15) is 4.79 Å². The first-order valence-electron chi connectivity index (χ1n) is 11.5. The van der Waals surface area contributed by atoms with Crippen molar-refractivity contribution >= 4 is 5.91 Å². The van der Waals surface area contributed by atoms with Crippen molar-refractivity contribution < 1.29 is 14.3 Å². The summed E-state index contributed by atoms with van der Waals surface area (Å²) in [6.07, 6.45) is 2.85. The summed E-state index contributed by atoms with van der Waals surface area (Å²) < 4.78 is 10.5. The third-order valence-electron chi connectivity index (χ3n) is 6.80. The maximum absolute atomic E-state index is 13.0. The number of hydrogen-bond acceptors (Lipinski definition) is 5. The van der Waals surface area contributed by atoms with Gasteiger partial charge in [0.2, 0.25) is 5.91 Å². The Morgan fingerprint density at radius 2 is 1.88 bits per heavy atom. The van der Waals surface area contributed by atoms with Crippen LogP contribution in [0.25, 0.3) is 0 Å². The number of hydrogen-bond donors (Lipinski definition) is 2. The van der Waals surface area contributed by atoms with Crippen LogP contribution in [0.5, 0.6) is 5.75 Å². The van der Waals surface area contributed by atoms with Gasteiger partial charge in [-0.2, -0.15) is 0 Å². The first kappa shape index (κ1) is 22.8. The van der Waals surface area contributed by atoms with E-state index < -0.39 is 0 Å². The van der Waals surface area contributed by atoms with Gasteiger partial charge in [-0.1, -0.05) is 36.4 Å². The number of amides is 1. The summed E-state index contributed by atoms with van der Waals surface area (Å²) in [5, 5.41) is 6.77. The predicted octanol–water partition coefficient (Wildman–Crippen LogP) is 2.47. The monoisotopic (exact) mass is 437 g/mol. The van der Waals surface area contributed by atoms with Gasteiger partial charge in [-0.05, 0) is 54.5 Å². The van der Waals surface area contributed by atoms with Gasteiger partial charge in [0, 0.05) is 38.8 Å². The van der Waals surface area contributed by atoms with Crippen molar-refractivity contribution in [3.8, 4) is 5.75 Å². The Bertz CT molecular complexity index is 907. The van der Waals surface area contributed by atoms with Crippen LogP contribution < -0.4 is 15.4 Å². The SMILES string of the molecule is COCCNC(=O)[C@@H]1C[C@H](NCc2ccc(OC)c(C)c2)CN1C1Cc2ccccc2C1. The minimum atomic E-state index is -0.110. The topological polar surface area (TPSA) is 62.8 Å². The number of likely N-dealkylation sites (tertiary alicyclic amines) is 1. The van der Waals surface area contributed by atoms with E-state index in [1.54, 1.807) is 14.2 Å². The molecule has 32 heavy (non-hydrogen) atoms. The summed E-state index contributed by atoms with van der Waals surface area (Å²) in [6.45, 7) is 4.82. The van der Waals surface area contributed by atoms with Crippen molar-refractivity contribution in [2.75, 3.05) is 33.9 Å². The molecule has 2 atom stereocenters. The minimum Gasteiger partial charge on any atom is -0.496 e. The molecule has 2 aromatic rings. The van der Waals surface area contributed by atoms with Crippen molar-refractivity contribution in [2.45, 2.75) is 50.9 Å². The number of carbonyl (C=O) groups excluding carboxylic acids is 1. The van der Waals surface area contributed by atoms with Gasteiger partial charge in [0.1, 0.15) is 5.75 Å². The molecule has 0 bridgehead atoms. The quantitative estimate of drug-likeness (QED) is 0.590. The number of methoxy groups -OCH3 is 2. The van der Waals surface area contributed by atoms with Gasteiger partial charge in [0.25, 0.3) is 0 Å². The molecule has 1 aliphatic carbocycles. The molecular formula is C26H35N3O3. The molecule has 0 spiro atoms. The predicted molar refractivity (Wildman–Crippen MR) is 126 cm³/mol. The van der Waals surface area contributed by atoms with Crippen LogP contribution in [-0.2, 0) is 28.9 Å². The first-order valence-corrected chi connectivity index (χ1v) is 11.5. The molecule has 6 nitrogen and oxygen atoms in total. The van der Waals surface area contributed by atoms with E-state index in [4.69, 9.17) is 9.47 Å². The van der Waals surface area contributed by atoms with Crippen LogP contribution in [0, 0.1) is 6.92 Å². The summed E-state index contributed by atoms with van der Waals surface area (Å²) in [5.74, 6) is 1.02. The van der Waals surface area contributed by atoms with Gasteiger partial charge >= 0.3 is 0 Å². The molecule has 0 unspecified atom stereocenters. The fourth-order valence-electron chi connectivity index (χ4n) is 5.15. The van der Waals surface area contributed by atoms with Crippen LogP contribution in [0.1, 0.15) is 28.7 Å². The van der Waals surface area contributed by atoms with Crippen LogP contribution in [0.15, 0.2) is 42.5 Å². The minimum absolute atomic E-state index is 0.110. The largest absolute Gasteiger partial charge is 0.496 e. The molecule has 6 heteroatoms. The third kappa shape index (κ3) is 5.14. The lowest BCUT2D eigenvalue weighted by Gasteiger charge is -2.29. The number of benzene rings is 2. The zero-order valence-electron chi connectivity index (χ0n) is 19.4. The fraction of sp³-hybridized carbons (Fsp3) is 0.500. The molecular weight excluding hydrogens is 402 g/mol. The molecule has 1 heterocycles. The molecule has 172 valence electrons. The Balaban J connectivity index is 1.42. The van der Waals surface area contributed by atoms with Crippen LogP contribution >= 0.6 is 0 Å². The summed E-state index contributed by atoms with van der Waals surface area (Å²) in [7, 11) is 3.36. The molecule has 4 rings (SSSR count). The van der Waals surface area contributed by atoms with Crippen molar-refractivity contribution in [1.82, 2.24) is 15.5 Å². The molecule has 1 saturated heterocycles. The standard InChI is InChI=1S/C26H35N3O3/c1-18-12-19(8-9-25(18)32-3)16-28-22-15-24(26(30)27-10-11-31-2)29(17-22)23-13-20-6-4-5-7-21(20)14-23/h4-9,12,22-24,28H,10-11,13-17H2,1-3H3,(H,27,30)/t22-,24-/m0/s1. The van der Waals surface area contributed by atoms with Gasteiger partial charge in [-0.15, -0.1) is 0 Å². The van der Waals surface area contributed by atoms with Crippen LogP contribution in [0.2, 0.25) is 0 Å². The molecule has 1 fully saturated rings. The third-order valence-corrected chi connectivity index (χ3v) is 6.80. The molecule has 0 saturated carbocycles. The van der Waals surface area contributed by atoms with Crippen molar-refractivity contribution in [2.24, 2.45) is 0 Å². The lowest BCUT2D eigenvalue weighted by Crippen LogP contribution is -2.48. The van der Waals surface area contributed by atoms with Gasteiger partial charge in [-0.3, -0.25) is 9.69 Å². The summed E-state index contributed by atoms with van der Waals surface area (Å²) in [4.78, 5) is 15.5. The van der Waals surface area contributed by atoms with E-state index in [0.29, 0.717) is 19.2 Å². The number of ether oxygens (including phenoxy) is 2. The van der Waals surface area contributed by atoms with Crippen LogP contribution in [0.4, 0.5) is 0 Å². The second kappa shape index (κ2) is 10.5. The van der Waals surface area contributed by atoms with E-state index in [-0.39, 0.29) is 18.0 Å². The van der Waals surface area contributed by atoms with Crippen LogP contribution in [0.3, 0.4) is 0 Å². The van der Waals surface area contributed by atoms with Crippen molar-refractivity contribution in [1.29, 1.82) is 0 Å². The Kier molecular flexibility index (Phi) is 7.45. The fourth-order valence-corrected chi connectivity index (χ4v) is 5.15. The number of aryl methyl sites for hydroxylation is 1.